The van der Waals surface area contributed by atoms with Crippen LogP contribution in [0.1, 0.15) is 6.42 Å². The van der Waals surface area contributed by atoms with Crippen LogP contribution in [0.15, 0.2) is 29.4 Å². The lowest BCUT2D eigenvalue weighted by molar-refractivity contribution is -0.128. The van der Waals surface area contributed by atoms with Gasteiger partial charge in [0.1, 0.15) is 0 Å². The third-order valence-electron chi connectivity index (χ3n) is 4.41. The van der Waals surface area contributed by atoms with E-state index in [4.69, 9.17) is 11.6 Å². The zero-order chi connectivity index (χ0) is 18.9. The van der Waals surface area contributed by atoms with Crippen LogP contribution < -0.4 is 0 Å². The highest BCUT2D eigenvalue weighted by molar-refractivity contribution is 7.99. The minimum Gasteiger partial charge on any atom is -0.341 e. The van der Waals surface area contributed by atoms with Crippen LogP contribution in [0.25, 0.3) is 11.4 Å². The number of amides is 1. The fourth-order valence-electron chi connectivity index (χ4n) is 2.80. The van der Waals surface area contributed by atoms with Crippen molar-refractivity contribution in [3.8, 4) is 11.4 Å². The summed E-state index contributed by atoms with van der Waals surface area (Å²) in [6, 6.07) is 7.05. The molecule has 26 heavy (non-hydrogen) atoms. The Balaban J connectivity index is 1.63. The number of aromatic nitrogens is 3. The van der Waals surface area contributed by atoms with Gasteiger partial charge in [-0.05, 0) is 30.7 Å². The van der Waals surface area contributed by atoms with Crippen molar-refractivity contribution >= 4 is 39.1 Å². The second-order valence-electron chi connectivity index (χ2n) is 6.22. The van der Waals surface area contributed by atoms with E-state index in [2.05, 4.69) is 10.2 Å². The van der Waals surface area contributed by atoms with E-state index in [1.807, 2.05) is 23.7 Å². The van der Waals surface area contributed by atoms with Gasteiger partial charge in [0.2, 0.25) is 5.91 Å². The number of thioether (sulfide) groups is 1. The molecule has 7 nitrogen and oxygen atoms in total. The number of hydrogen-bond acceptors (Lipinski definition) is 6. The van der Waals surface area contributed by atoms with Crippen LogP contribution in [0.3, 0.4) is 0 Å². The number of hydrogen-bond donors (Lipinski definition) is 0. The summed E-state index contributed by atoms with van der Waals surface area (Å²) in [7, 11) is 0.479. The van der Waals surface area contributed by atoms with Crippen molar-refractivity contribution in [3.05, 3.63) is 29.3 Å². The molecule has 0 radical (unpaired) electrons. The van der Waals surface area contributed by atoms with E-state index in [1.165, 1.54) is 16.7 Å². The summed E-state index contributed by atoms with van der Waals surface area (Å²) >= 11 is 7.19. The summed E-state index contributed by atoms with van der Waals surface area (Å²) in [5.74, 6) is 0.945. The fourth-order valence-corrected chi connectivity index (χ4v) is 5.54. The molecule has 1 aliphatic heterocycles. The van der Waals surface area contributed by atoms with E-state index in [0.29, 0.717) is 22.4 Å². The summed E-state index contributed by atoms with van der Waals surface area (Å²) < 4.78 is 25.0. The number of halogens is 1. The Hall–Kier alpha value is -1.58. The highest BCUT2D eigenvalue weighted by Gasteiger charge is 2.32. The van der Waals surface area contributed by atoms with E-state index in [1.54, 1.807) is 19.2 Å². The third-order valence-corrected chi connectivity index (χ3v) is 7.42. The molecule has 1 saturated heterocycles. The molecular formula is C16H19ClN4O3S2. The van der Waals surface area contributed by atoms with Crippen molar-refractivity contribution < 1.29 is 13.2 Å². The van der Waals surface area contributed by atoms with Gasteiger partial charge in [0, 0.05) is 30.7 Å². The quantitative estimate of drug-likeness (QED) is 0.694. The standard InChI is InChI=1S/C16H19ClN4O3S2/c1-20(13-7-8-26(23,24)10-13)14(22)9-25-16-19-18-15(21(16)2)11-3-5-12(17)6-4-11/h3-6,13H,7-10H2,1-2H3/t13-/m1/s1. The lowest BCUT2D eigenvalue weighted by Gasteiger charge is -2.23. The summed E-state index contributed by atoms with van der Waals surface area (Å²) in [5.41, 5.74) is 0.885. The maximum absolute atomic E-state index is 12.4. The molecule has 1 aromatic carbocycles. The Kier molecular flexibility index (Phi) is 5.59. The number of carbonyl (C=O) groups excluding carboxylic acids is 1. The monoisotopic (exact) mass is 414 g/mol. The second-order valence-corrected chi connectivity index (χ2v) is 9.83. The molecule has 10 heteroatoms. The van der Waals surface area contributed by atoms with Gasteiger partial charge in [-0.2, -0.15) is 0 Å². The summed E-state index contributed by atoms with van der Waals surface area (Å²) in [5, 5.41) is 9.59. The second kappa shape index (κ2) is 7.58. The predicted octanol–water partition coefficient (Wildman–Crippen LogP) is 1.87. The lowest BCUT2D eigenvalue weighted by Crippen LogP contribution is -2.38. The molecule has 0 N–H and O–H groups in total. The molecule has 1 aliphatic rings. The van der Waals surface area contributed by atoms with E-state index >= 15 is 0 Å². The number of rotatable bonds is 5. The first-order valence-electron chi connectivity index (χ1n) is 8.01. The maximum atomic E-state index is 12.4. The van der Waals surface area contributed by atoms with Crippen molar-refractivity contribution in [2.24, 2.45) is 7.05 Å². The molecule has 0 saturated carbocycles. The topological polar surface area (TPSA) is 85.2 Å². The molecular weight excluding hydrogens is 396 g/mol. The zero-order valence-corrected chi connectivity index (χ0v) is 16.8. The van der Waals surface area contributed by atoms with Crippen LogP contribution >= 0.6 is 23.4 Å². The molecule has 0 bridgehead atoms. The van der Waals surface area contributed by atoms with Gasteiger partial charge in [0.25, 0.3) is 0 Å². The first kappa shape index (κ1) is 19.2. The van der Waals surface area contributed by atoms with Crippen LogP contribution in [0, 0.1) is 0 Å². The molecule has 140 valence electrons. The van der Waals surface area contributed by atoms with Crippen LogP contribution in [-0.2, 0) is 21.7 Å². The average Bonchev–Trinajstić information content (AvgIpc) is 3.15. The summed E-state index contributed by atoms with van der Waals surface area (Å²) in [6.45, 7) is 0. The Bertz CT molecular complexity index is 912. The van der Waals surface area contributed by atoms with Crippen molar-refractivity contribution in [2.45, 2.75) is 17.6 Å². The van der Waals surface area contributed by atoms with E-state index in [9.17, 15) is 13.2 Å². The summed E-state index contributed by atoms with van der Waals surface area (Å²) in [4.78, 5) is 13.9. The van der Waals surface area contributed by atoms with Gasteiger partial charge in [0.15, 0.2) is 20.8 Å². The van der Waals surface area contributed by atoms with E-state index in [0.717, 1.165) is 5.56 Å². The Morgan fingerprint density at radius 1 is 1.35 bits per heavy atom. The third kappa shape index (κ3) is 4.21. The number of nitrogens with zero attached hydrogens (tertiary/aromatic N) is 4. The van der Waals surface area contributed by atoms with Gasteiger partial charge in [0.05, 0.1) is 17.3 Å². The number of carbonyl (C=O) groups is 1. The van der Waals surface area contributed by atoms with Gasteiger partial charge >= 0.3 is 0 Å². The lowest BCUT2D eigenvalue weighted by atomic mass is 10.2. The molecule has 1 aromatic heterocycles. The molecule has 1 amide bonds. The Morgan fingerprint density at radius 2 is 2.04 bits per heavy atom. The van der Waals surface area contributed by atoms with Crippen molar-refractivity contribution in [1.29, 1.82) is 0 Å². The molecule has 3 rings (SSSR count). The maximum Gasteiger partial charge on any atom is 0.233 e. The van der Waals surface area contributed by atoms with Gasteiger partial charge in [-0.25, -0.2) is 8.42 Å². The Morgan fingerprint density at radius 3 is 2.65 bits per heavy atom. The average molecular weight is 415 g/mol. The summed E-state index contributed by atoms with van der Waals surface area (Å²) in [6.07, 6.45) is 0.500. The smallest absolute Gasteiger partial charge is 0.233 e. The first-order valence-corrected chi connectivity index (χ1v) is 11.2. The zero-order valence-electron chi connectivity index (χ0n) is 14.4. The van der Waals surface area contributed by atoms with Gasteiger partial charge in [-0.3, -0.25) is 4.79 Å². The largest absolute Gasteiger partial charge is 0.341 e. The highest BCUT2D eigenvalue weighted by atomic mass is 35.5. The molecule has 1 atom stereocenters. The molecule has 2 heterocycles. The van der Waals surface area contributed by atoms with Crippen LogP contribution in [-0.4, -0.2) is 64.3 Å². The minimum atomic E-state index is -3.01. The first-order chi connectivity index (χ1) is 12.3. The van der Waals surface area contributed by atoms with Crippen molar-refractivity contribution in [2.75, 3.05) is 24.3 Å². The predicted molar refractivity (Wildman–Crippen MR) is 102 cm³/mol. The van der Waals surface area contributed by atoms with Gasteiger partial charge < -0.3 is 9.47 Å². The molecule has 1 fully saturated rings. The van der Waals surface area contributed by atoms with Crippen LogP contribution in [0.2, 0.25) is 5.02 Å². The molecule has 2 aromatic rings. The molecule has 0 unspecified atom stereocenters. The molecule has 0 spiro atoms. The van der Waals surface area contributed by atoms with Crippen LogP contribution in [0.5, 0.6) is 0 Å². The van der Waals surface area contributed by atoms with Crippen LogP contribution in [0.4, 0.5) is 0 Å². The number of sulfone groups is 1. The Labute approximate surface area is 161 Å². The van der Waals surface area contributed by atoms with Gasteiger partial charge in [-0.1, -0.05) is 23.4 Å². The van der Waals surface area contributed by atoms with Crippen molar-refractivity contribution in [3.63, 3.8) is 0 Å². The molecule has 0 aliphatic carbocycles. The van der Waals surface area contributed by atoms with E-state index in [-0.39, 0.29) is 29.2 Å². The van der Waals surface area contributed by atoms with Crippen molar-refractivity contribution in [1.82, 2.24) is 19.7 Å². The SMILES string of the molecule is CN(C(=O)CSc1nnc(-c2ccc(Cl)cc2)n1C)[C@@H]1CCS(=O)(=O)C1. The fraction of sp³-hybridized carbons (Fsp3) is 0.438. The van der Waals surface area contributed by atoms with Gasteiger partial charge in [-0.15, -0.1) is 10.2 Å². The minimum absolute atomic E-state index is 0.0462. The highest BCUT2D eigenvalue weighted by Crippen LogP contribution is 2.24. The number of benzene rings is 1. The normalized spacial score (nSPS) is 18.8. The van der Waals surface area contributed by atoms with E-state index < -0.39 is 9.84 Å².